The van der Waals surface area contributed by atoms with Crippen LogP contribution < -0.4 is 4.90 Å². The van der Waals surface area contributed by atoms with Gasteiger partial charge in [0.15, 0.2) is 4.32 Å². The minimum absolute atomic E-state index is 0.0253. The Kier molecular flexibility index (Phi) is 14.4. The Morgan fingerprint density at radius 3 is 1.59 bits per heavy atom. The van der Waals surface area contributed by atoms with Crippen LogP contribution in [0.5, 0.6) is 0 Å². The van der Waals surface area contributed by atoms with Crippen LogP contribution >= 0.6 is 46.7 Å². The summed E-state index contributed by atoms with van der Waals surface area (Å²) in [6.45, 7) is 12.9. The standard InChI is InChI=1S/C62H62N2O3S4/c1-6-10-34-61(35-11-7-2)51-20-16-14-18-47(51)49-29-26-44(38-53(49)61)64(45-27-30-50-48-19-15-17-21-52(48)62(36-12-8-3,37-13-9-4)54(50)39-45)43-24-22-42(23-25-43)55-32-33-57(70-55)56-31-28-46(69-56)40-58-59(65)63(41(5)67-66)60(68)71-58/h14-33,38-40,66H,5-13,34-37H2,1-4H3/b58-40-. The first kappa shape index (κ1) is 49.0. The number of thiophene rings is 2. The topological polar surface area (TPSA) is 53.0 Å². The van der Waals surface area contributed by atoms with Crippen LogP contribution in [-0.2, 0) is 20.5 Å². The molecule has 7 aromatic rings. The summed E-state index contributed by atoms with van der Waals surface area (Å²) in [4.78, 5) is 25.8. The third-order valence-electron chi connectivity index (χ3n) is 15.2. The van der Waals surface area contributed by atoms with Gasteiger partial charge in [-0.25, -0.2) is 10.2 Å². The normalized spacial score (nSPS) is 15.5. The molecular weight excluding hydrogens is 949 g/mol. The molecule has 1 aliphatic heterocycles. The lowest BCUT2D eigenvalue weighted by Gasteiger charge is -2.35. The van der Waals surface area contributed by atoms with Crippen LogP contribution in [0.25, 0.3) is 48.5 Å². The second kappa shape index (κ2) is 20.9. The van der Waals surface area contributed by atoms with Crippen LogP contribution in [0.1, 0.15) is 132 Å². The minimum Gasteiger partial charge on any atom is -0.322 e. The van der Waals surface area contributed by atoms with Crippen molar-refractivity contribution in [3.8, 4) is 42.4 Å². The summed E-state index contributed by atoms with van der Waals surface area (Å²) in [6.07, 6.45) is 15.9. The molecule has 3 aliphatic rings. The van der Waals surface area contributed by atoms with E-state index in [4.69, 9.17) is 17.5 Å². The molecule has 2 aromatic heterocycles. The Bertz CT molecular complexity index is 3020. The maximum absolute atomic E-state index is 13.0. The van der Waals surface area contributed by atoms with Crippen molar-refractivity contribution in [3.05, 3.63) is 178 Å². The number of carbonyl (C=O) groups is 1. The summed E-state index contributed by atoms with van der Waals surface area (Å²) in [5, 5.41) is 9.10. The fraction of sp³-hybridized carbons (Fsp3) is 0.290. The van der Waals surface area contributed by atoms with E-state index >= 15 is 0 Å². The van der Waals surface area contributed by atoms with E-state index in [9.17, 15) is 4.79 Å². The number of fused-ring (bicyclic) bond motifs is 6. The molecule has 1 amide bonds. The number of nitrogens with zero attached hydrogens (tertiary/aromatic N) is 2. The number of unbranched alkanes of at least 4 members (excludes halogenated alkanes) is 4. The summed E-state index contributed by atoms with van der Waals surface area (Å²) >= 11 is 9.92. The molecule has 0 saturated carbocycles. The number of thioether (sulfide) groups is 1. The van der Waals surface area contributed by atoms with Gasteiger partial charge in [-0.15, -0.1) is 22.7 Å². The van der Waals surface area contributed by atoms with E-state index in [0.717, 1.165) is 62.7 Å². The molecule has 9 heteroatoms. The molecule has 1 fully saturated rings. The summed E-state index contributed by atoms with van der Waals surface area (Å²) in [6, 6.07) is 51.0. The predicted octanol–water partition coefficient (Wildman–Crippen LogP) is 19.1. The number of amides is 1. The fourth-order valence-corrected chi connectivity index (χ4v) is 15.1. The summed E-state index contributed by atoms with van der Waals surface area (Å²) < 4.78 is 0.268. The van der Waals surface area contributed by atoms with Crippen molar-refractivity contribution in [2.24, 2.45) is 0 Å². The number of rotatable bonds is 20. The fourth-order valence-electron chi connectivity index (χ4n) is 11.7. The molecule has 1 N–H and O–H groups in total. The van der Waals surface area contributed by atoms with E-state index in [0.29, 0.717) is 4.91 Å². The minimum atomic E-state index is -0.364. The zero-order chi connectivity index (χ0) is 49.3. The van der Waals surface area contributed by atoms with Crippen LogP contribution in [0.2, 0.25) is 0 Å². The highest BCUT2D eigenvalue weighted by atomic mass is 32.2. The van der Waals surface area contributed by atoms with E-state index in [1.807, 2.05) is 12.1 Å². The summed E-state index contributed by atoms with van der Waals surface area (Å²) in [7, 11) is 0. The highest BCUT2D eigenvalue weighted by Gasteiger charge is 2.44. The molecule has 0 spiro atoms. The quantitative estimate of drug-likeness (QED) is 0.0270. The lowest BCUT2D eigenvalue weighted by Crippen LogP contribution is -2.27. The molecule has 3 heterocycles. The Labute approximate surface area is 437 Å². The zero-order valence-corrected chi connectivity index (χ0v) is 44.5. The lowest BCUT2D eigenvalue weighted by molar-refractivity contribution is -0.217. The molecule has 71 heavy (non-hydrogen) atoms. The van der Waals surface area contributed by atoms with E-state index in [1.165, 1.54) is 118 Å². The van der Waals surface area contributed by atoms with Gasteiger partial charge in [0.1, 0.15) is 0 Å². The van der Waals surface area contributed by atoms with Gasteiger partial charge in [0.25, 0.3) is 5.91 Å². The molecule has 10 rings (SSSR count). The number of carbonyl (C=O) groups excluding carboxylic acids is 1. The summed E-state index contributed by atoms with van der Waals surface area (Å²) in [5.41, 5.74) is 16.2. The number of benzene rings is 5. The van der Waals surface area contributed by atoms with Gasteiger partial charge in [0, 0.05) is 47.4 Å². The van der Waals surface area contributed by atoms with Gasteiger partial charge < -0.3 is 9.79 Å². The maximum Gasteiger partial charge on any atom is 0.273 e. The van der Waals surface area contributed by atoms with Gasteiger partial charge in [-0.1, -0.05) is 176 Å². The Morgan fingerprint density at radius 1 is 0.606 bits per heavy atom. The number of thiocarbonyl (C=S) groups is 1. The van der Waals surface area contributed by atoms with Crippen molar-refractivity contribution in [2.75, 3.05) is 4.90 Å². The molecule has 2 aliphatic carbocycles. The van der Waals surface area contributed by atoms with Gasteiger partial charge >= 0.3 is 0 Å². The van der Waals surface area contributed by atoms with E-state index in [2.05, 4.69) is 171 Å². The molecule has 362 valence electrons. The Morgan fingerprint density at radius 2 is 1.07 bits per heavy atom. The van der Waals surface area contributed by atoms with Gasteiger partial charge in [-0.3, -0.25) is 4.79 Å². The van der Waals surface area contributed by atoms with Crippen molar-refractivity contribution in [1.29, 1.82) is 0 Å². The molecule has 5 aromatic carbocycles. The highest BCUT2D eigenvalue weighted by Crippen LogP contribution is 2.58. The lowest BCUT2D eigenvalue weighted by atomic mass is 9.70. The number of anilines is 3. The second-order valence-electron chi connectivity index (χ2n) is 19.4. The first-order chi connectivity index (χ1) is 34.7. The van der Waals surface area contributed by atoms with Crippen LogP contribution in [0.4, 0.5) is 17.1 Å². The van der Waals surface area contributed by atoms with Gasteiger partial charge in [0.05, 0.1) is 4.91 Å². The average Bonchev–Trinajstić information content (AvgIpc) is 4.24. The summed E-state index contributed by atoms with van der Waals surface area (Å²) in [5.74, 6) is -0.575. The third kappa shape index (κ3) is 8.86. The van der Waals surface area contributed by atoms with Crippen LogP contribution in [0, 0.1) is 0 Å². The molecule has 0 radical (unpaired) electrons. The predicted molar refractivity (Wildman–Crippen MR) is 306 cm³/mol. The Hall–Kier alpha value is -5.55. The van der Waals surface area contributed by atoms with Crippen molar-refractivity contribution in [1.82, 2.24) is 4.90 Å². The number of hydrogen-bond acceptors (Lipinski definition) is 8. The molecule has 5 nitrogen and oxygen atoms in total. The smallest absolute Gasteiger partial charge is 0.273 e. The maximum atomic E-state index is 13.0. The van der Waals surface area contributed by atoms with Crippen LogP contribution in [0.3, 0.4) is 0 Å². The molecule has 0 unspecified atom stereocenters. The zero-order valence-electron chi connectivity index (χ0n) is 41.3. The van der Waals surface area contributed by atoms with E-state index in [-0.39, 0.29) is 26.9 Å². The first-order valence-corrected chi connectivity index (χ1v) is 28.4. The average molecular weight is 1010 g/mol. The van der Waals surface area contributed by atoms with Crippen molar-refractivity contribution < 1.29 is 14.9 Å². The van der Waals surface area contributed by atoms with E-state index < -0.39 is 0 Å². The molecular formula is C62H62N2O3S4. The molecule has 1 saturated heterocycles. The second-order valence-corrected chi connectivity index (χ2v) is 23.3. The van der Waals surface area contributed by atoms with Crippen molar-refractivity contribution in [3.63, 3.8) is 0 Å². The van der Waals surface area contributed by atoms with Gasteiger partial charge in [-0.05, 0) is 149 Å². The van der Waals surface area contributed by atoms with Gasteiger partial charge in [-0.2, -0.15) is 0 Å². The van der Waals surface area contributed by atoms with Gasteiger partial charge in [0.2, 0.25) is 5.88 Å². The Balaban J connectivity index is 1.05. The van der Waals surface area contributed by atoms with Crippen LogP contribution in [-0.4, -0.2) is 20.4 Å². The van der Waals surface area contributed by atoms with Crippen molar-refractivity contribution in [2.45, 2.75) is 116 Å². The van der Waals surface area contributed by atoms with E-state index in [1.54, 1.807) is 22.7 Å². The number of hydrogen-bond donors (Lipinski definition) is 1. The largest absolute Gasteiger partial charge is 0.322 e. The molecule has 0 bridgehead atoms. The first-order valence-electron chi connectivity index (χ1n) is 25.6. The monoisotopic (exact) mass is 1010 g/mol. The third-order valence-corrected chi connectivity index (χ3v) is 18.8. The SMILES string of the molecule is C=C(OO)N1C(=O)/C(=C/c2ccc(-c3ccc(-c4ccc(N(c5ccc6c(c5)C(CCCC)(CCCC)c5ccccc5-6)c5ccc6c(c5)C(CCCC)(CCCC)c5ccccc5-6)cc4)s3)s2)SC1=S. The van der Waals surface area contributed by atoms with Crippen molar-refractivity contribution >= 4 is 80.0 Å². The highest BCUT2D eigenvalue weighted by molar-refractivity contribution is 8.26. The van der Waals surface area contributed by atoms with Crippen LogP contribution in [0.15, 0.2) is 151 Å². The molecule has 0 atom stereocenters.